The maximum Gasteiger partial charge on any atom is 0.317 e. The van der Waals surface area contributed by atoms with Crippen LogP contribution in [0.1, 0.15) is 71.1 Å². The van der Waals surface area contributed by atoms with Crippen molar-refractivity contribution in [3.8, 4) is 29.6 Å². The van der Waals surface area contributed by atoms with Crippen molar-refractivity contribution in [2.75, 3.05) is 20.2 Å². The van der Waals surface area contributed by atoms with Gasteiger partial charge in [-0.05, 0) is 43.8 Å². The minimum Gasteiger partial charge on any atom is -0.461 e. The molecule has 5 nitrogen and oxygen atoms in total. The Hall–Kier alpha value is -3.56. The fraction of sp³-hybridized carbons (Fsp3) is 0.406. The molecule has 0 saturated carbocycles. The van der Waals surface area contributed by atoms with E-state index in [0.29, 0.717) is 28.8 Å². The van der Waals surface area contributed by atoms with E-state index in [2.05, 4.69) is 48.6 Å². The molecule has 2 heterocycles. The molecule has 0 saturated heterocycles. The smallest absolute Gasteiger partial charge is 0.317 e. The van der Waals surface area contributed by atoms with Gasteiger partial charge in [-0.3, -0.25) is 9.88 Å². The first-order chi connectivity index (χ1) is 18.3. The fourth-order valence-corrected chi connectivity index (χ4v) is 5.33. The van der Waals surface area contributed by atoms with Crippen molar-refractivity contribution in [2.24, 2.45) is 0 Å². The van der Waals surface area contributed by atoms with E-state index in [1.54, 1.807) is 6.20 Å². The molecular weight excluding hydrogens is 475 g/mol. The molecule has 38 heavy (non-hydrogen) atoms. The Morgan fingerprint density at radius 1 is 1.11 bits per heavy atom. The number of terminal acetylenes is 1. The second kappa shape index (κ2) is 11.4. The number of ether oxygens (including phenoxy) is 1. The lowest BCUT2D eigenvalue weighted by Gasteiger charge is -2.40. The molecular formula is C32H37FN4O. The highest BCUT2D eigenvalue weighted by atomic mass is 19.1. The number of rotatable bonds is 10. The molecule has 0 amide bonds. The van der Waals surface area contributed by atoms with Crippen LogP contribution in [0.25, 0.3) is 32.9 Å². The summed E-state index contributed by atoms with van der Waals surface area (Å²) in [6.45, 7) is 11.9. The lowest BCUT2D eigenvalue weighted by Crippen LogP contribution is -2.50. The zero-order chi connectivity index (χ0) is 27.4. The number of hydrogen-bond donors (Lipinski definition) is 0. The summed E-state index contributed by atoms with van der Waals surface area (Å²) in [6.07, 6.45) is 10.4. The molecule has 198 valence electrons. The summed E-state index contributed by atoms with van der Waals surface area (Å²) in [5.74, 6) is 2.26. The van der Waals surface area contributed by atoms with Crippen LogP contribution in [0.2, 0.25) is 0 Å². The van der Waals surface area contributed by atoms with Gasteiger partial charge in [-0.1, -0.05) is 77.3 Å². The van der Waals surface area contributed by atoms with E-state index in [0.717, 1.165) is 36.6 Å². The van der Waals surface area contributed by atoms with Gasteiger partial charge in [0.25, 0.3) is 0 Å². The van der Waals surface area contributed by atoms with E-state index >= 15 is 4.39 Å². The van der Waals surface area contributed by atoms with E-state index in [9.17, 15) is 0 Å². The number of benzene rings is 2. The molecule has 0 spiro atoms. The number of likely N-dealkylation sites (N-methyl/N-ethyl adjacent to an activating group) is 1. The largest absolute Gasteiger partial charge is 0.461 e. The van der Waals surface area contributed by atoms with Crippen LogP contribution >= 0.6 is 0 Å². The monoisotopic (exact) mass is 512 g/mol. The predicted octanol–water partition coefficient (Wildman–Crippen LogP) is 7.37. The maximum absolute atomic E-state index is 16.3. The van der Waals surface area contributed by atoms with Crippen molar-refractivity contribution in [1.29, 1.82) is 0 Å². The Balaban J connectivity index is 1.87. The number of hydrogen-bond acceptors (Lipinski definition) is 5. The standard InChI is InChI=1S/C32H37FN4O/c1-8-18-32(10-3,37(7)11-4)20-38-31-35-28(21(5)6)25-19-34-29(27(33)30(25)36-31)24-17-13-16-23-15-12-14-22(9-2)26(23)24/h2,12-17,19,21H,8,10-11,18,20H2,1,3-7H3. The van der Waals surface area contributed by atoms with Crippen molar-refractivity contribution in [3.05, 3.63) is 59.7 Å². The zero-order valence-corrected chi connectivity index (χ0v) is 23.3. The highest BCUT2D eigenvalue weighted by molar-refractivity contribution is 6.01. The van der Waals surface area contributed by atoms with Crippen LogP contribution in [0.3, 0.4) is 0 Å². The van der Waals surface area contributed by atoms with Gasteiger partial charge in [-0.15, -0.1) is 6.42 Å². The third-order valence-corrected chi connectivity index (χ3v) is 7.68. The van der Waals surface area contributed by atoms with E-state index < -0.39 is 5.82 Å². The molecule has 0 aliphatic carbocycles. The summed E-state index contributed by atoms with van der Waals surface area (Å²) in [6, 6.07) is 11.6. The van der Waals surface area contributed by atoms with Crippen LogP contribution in [-0.2, 0) is 0 Å². The quantitative estimate of drug-likeness (QED) is 0.208. The van der Waals surface area contributed by atoms with Gasteiger partial charge in [0.1, 0.15) is 17.8 Å². The first-order valence-electron chi connectivity index (χ1n) is 13.5. The molecule has 0 radical (unpaired) electrons. The van der Waals surface area contributed by atoms with Crippen molar-refractivity contribution in [1.82, 2.24) is 19.9 Å². The first kappa shape index (κ1) is 27.5. The summed E-state index contributed by atoms with van der Waals surface area (Å²) in [5.41, 5.74) is 2.33. The van der Waals surface area contributed by atoms with Crippen LogP contribution in [-0.4, -0.2) is 45.6 Å². The molecule has 0 aliphatic heterocycles. The summed E-state index contributed by atoms with van der Waals surface area (Å²) in [7, 11) is 2.12. The lowest BCUT2D eigenvalue weighted by atomic mass is 9.90. The third kappa shape index (κ3) is 4.96. The van der Waals surface area contributed by atoms with Crippen LogP contribution in [0.4, 0.5) is 4.39 Å². The van der Waals surface area contributed by atoms with Crippen molar-refractivity contribution in [2.45, 2.75) is 65.3 Å². The lowest BCUT2D eigenvalue weighted by molar-refractivity contribution is 0.0478. The molecule has 1 unspecified atom stereocenters. The van der Waals surface area contributed by atoms with Crippen LogP contribution in [0.5, 0.6) is 6.01 Å². The SMILES string of the molecule is C#Cc1cccc2cccc(-c3ncc4c(C(C)C)nc(OCC(CC)(CCC)N(C)CC)nc4c3F)c12. The third-order valence-electron chi connectivity index (χ3n) is 7.68. The van der Waals surface area contributed by atoms with E-state index in [4.69, 9.17) is 16.1 Å². The minimum absolute atomic E-state index is 0.0328. The van der Waals surface area contributed by atoms with E-state index in [-0.39, 0.29) is 28.7 Å². The molecule has 0 fully saturated rings. The number of fused-ring (bicyclic) bond motifs is 2. The van der Waals surface area contributed by atoms with Gasteiger partial charge in [0.15, 0.2) is 5.82 Å². The number of halogens is 1. The molecule has 2 aromatic carbocycles. The summed E-state index contributed by atoms with van der Waals surface area (Å²) in [4.78, 5) is 16.2. The second-order valence-electron chi connectivity index (χ2n) is 10.2. The number of nitrogens with zero attached hydrogens (tertiary/aromatic N) is 4. The Labute approximate surface area is 225 Å². The molecule has 2 aromatic heterocycles. The Morgan fingerprint density at radius 2 is 1.84 bits per heavy atom. The van der Waals surface area contributed by atoms with Gasteiger partial charge in [0.2, 0.25) is 0 Å². The van der Waals surface area contributed by atoms with E-state index in [1.165, 1.54) is 0 Å². The fourth-order valence-electron chi connectivity index (χ4n) is 5.33. The Bertz CT molecular complexity index is 1490. The highest BCUT2D eigenvalue weighted by Gasteiger charge is 2.33. The van der Waals surface area contributed by atoms with Crippen molar-refractivity contribution < 1.29 is 9.13 Å². The molecule has 0 aliphatic rings. The molecule has 0 N–H and O–H groups in total. The minimum atomic E-state index is -0.503. The number of pyridine rings is 1. The van der Waals surface area contributed by atoms with Crippen LogP contribution < -0.4 is 4.74 Å². The normalized spacial score (nSPS) is 13.3. The van der Waals surface area contributed by atoms with E-state index in [1.807, 2.05) is 50.2 Å². The van der Waals surface area contributed by atoms with Gasteiger partial charge in [-0.2, -0.15) is 9.97 Å². The van der Waals surface area contributed by atoms with Gasteiger partial charge in [0.05, 0.1) is 11.2 Å². The summed E-state index contributed by atoms with van der Waals surface area (Å²) < 4.78 is 22.6. The molecule has 4 aromatic rings. The summed E-state index contributed by atoms with van der Waals surface area (Å²) >= 11 is 0. The van der Waals surface area contributed by atoms with Gasteiger partial charge in [0, 0.05) is 28.1 Å². The Kier molecular flexibility index (Phi) is 8.28. The molecule has 6 heteroatoms. The molecule has 1 atom stereocenters. The zero-order valence-electron chi connectivity index (χ0n) is 23.3. The molecule has 4 rings (SSSR count). The average molecular weight is 513 g/mol. The number of aromatic nitrogens is 3. The van der Waals surface area contributed by atoms with Gasteiger partial charge >= 0.3 is 6.01 Å². The van der Waals surface area contributed by atoms with Crippen molar-refractivity contribution in [3.63, 3.8) is 0 Å². The first-order valence-corrected chi connectivity index (χ1v) is 13.5. The Morgan fingerprint density at radius 3 is 2.47 bits per heavy atom. The highest BCUT2D eigenvalue weighted by Crippen LogP contribution is 2.35. The average Bonchev–Trinajstić information content (AvgIpc) is 2.94. The molecule has 0 bridgehead atoms. The predicted molar refractivity (Wildman–Crippen MR) is 154 cm³/mol. The van der Waals surface area contributed by atoms with Crippen LogP contribution in [0.15, 0.2) is 42.6 Å². The van der Waals surface area contributed by atoms with Gasteiger partial charge in [-0.25, -0.2) is 4.39 Å². The van der Waals surface area contributed by atoms with Gasteiger partial charge < -0.3 is 4.74 Å². The van der Waals surface area contributed by atoms with Crippen LogP contribution in [0, 0.1) is 18.2 Å². The maximum atomic E-state index is 16.3. The topological polar surface area (TPSA) is 51.1 Å². The summed E-state index contributed by atoms with van der Waals surface area (Å²) in [5, 5.41) is 2.32. The van der Waals surface area contributed by atoms with Crippen molar-refractivity contribution >= 4 is 21.7 Å². The second-order valence-corrected chi connectivity index (χ2v) is 10.2.